The van der Waals surface area contributed by atoms with E-state index in [0.717, 1.165) is 53.4 Å². The van der Waals surface area contributed by atoms with Gasteiger partial charge in [-0.1, -0.05) is 55.5 Å². The number of thiophene rings is 1. The van der Waals surface area contributed by atoms with E-state index in [2.05, 4.69) is 42.2 Å². The van der Waals surface area contributed by atoms with E-state index >= 15 is 0 Å². The van der Waals surface area contributed by atoms with Gasteiger partial charge in [0.15, 0.2) is 0 Å². The Kier molecular flexibility index (Phi) is 5.86. The van der Waals surface area contributed by atoms with E-state index in [1.54, 1.807) is 11.3 Å². The molecule has 2 aromatic heterocycles. The Morgan fingerprint density at radius 3 is 2.31 bits per heavy atom. The Morgan fingerprint density at radius 2 is 1.62 bits per heavy atom. The molecule has 6 heteroatoms. The van der Waals surface area contributed by atoms with Crippen LogP contribution in [0.5, 0.6) is 0 Å². The summed E-state index contributed by atoms with van der Waals surface area (Å²) >= 11 is 1.76. The fourth-order valence-electron chi connectivity index (χ4n) is 4.16. The van der Waals surface area contributed by atoms with Gasteiger partial charge < -0.3 is 9.80 Å². The summed E-state index contributed by atoms with van der Waals surface area (Å²) in [5.74, 6) is 1.96. The SMILES string of the molecule is CCc1cc2c(N3CCN(C(=O)c4ccccc4)CC3)nc(Cc3ccccc3)nc2s1. The molecule has 162 valence electrons. The smallest absolute Gasteiger partial charge is 0.253 e. The normalized spacial score (nSPS) is 14.2. The Balaban J connectivity index is 1.40. The number of carbonyl (C=O) groups excluding carboxylic acids is 1. The van der Waals surface area contributed by atoms with E-state index in [1.807, 2.05) is 41.3 Å². The third-order valence-electron chi connectivity index (χ3n) is 5.91. The number of amides is 1. The average Bonchev–Trinajstić information content (AvgIpc) is 3.28. The Hall–Kier alpha value is -3.25. The lowest BCUT2D eigenvalue weighted by Gasteiger charge is -2.35. The largest absolute Gasteiger partial charge is 0.352 e. The summed E-state index contributed by atoms with van der Waals surface area (Å²) in [5.41, 5.74) is 1.96. The second-order valence-corrected chi connectivity index (χ2v) is 9.17. The first-order chi connectivity index (χ1) is 15.7. The van der Waals surface area contributed by atoms with Crippen LogP contribution >= 0.6 is 11.3 Å². The van der Waals surface area contributed by atoms with Crippen molar-refractivity contribution in [2.45, 2.75) is 19.8 Å². The van der Waals surface area contributed by atoms with Crippen molar-refractivity contribution in [3.63, 3.8) is 0 Å². The van der Waals surface area contributed by atoms with E-state index in [4.69, 9.17) is 9.97 Å². The topological polar surface area (TPSA) is 49.3 Å². The number of nitrogens with zero attached hydrogens (tertiary/aromatic N) is 4. The highest BCUT2D eigenvalue weighted by Gasteiger charge is 2.25. The molecule has 0 aliphatic carbocycles. The van der Waals surface area contributed by atoms with Crippen LogP contribution in [0.15, 0.2) is 66.7 Å². The summed E-state index contributed by atoms with van der Waals surface area (Å²) in [6, 6.07) is 22.1. The number of aryl methyl sites for hydroxylation is 1. The van der Waals surface area contributed by atoms with Gasteiger partial charge in [-0.25, -0.2) is 9.97 Å². The summed E-state index contributed by atoms with van der Waals surface area (Å²) in [6.45, 7) is 5.10. The highest BCUT2D eigenvalue weighted by molar-refractivity contribution is 7.18. The lowest BCUT2D eigenvalue weighted by molar-refractivity contribution is 0.0746. The van der Waals surface area contributed by atoms with Gasteiger partial charge in [-0.15, -0.1) is 11.3 Å². The first-order valence-corrected chi connectivity index (χ1v) is 12.0. The second kappa shape index (κ2) is 9.09. The molecule has 1 fully saturated rings. The summed E-state index contributed by atoms with van der Waals surface area (Å²) in [7, 11) is 0. The van der Waals surface area contributed by atoms with Crippen LogP contribution in [-0.4, -0.2) is 47.0 Å². The molecule has 1 amide bonds. The summed E-state index contributed by atoms with van der Waals surface area (Å²) in [6.07, 6.45) is 1.71. The minimum Gasteiger partial charge on any atom is -0.352 e. The van der Waals surface area contributed by atoms with Gasteiger partial charge in [-0.2, -0.15) is 0 Å². The van der Waals surface area contributed by atoms with E-state index in [0.29, 0.717) is 13.1 Å². The molecule has 0 atom stereocenters. The number of fused-ring (bicyclic) bond motifs is 1. The Bertz CT molecular complexity index is 1210. The molecule has 1 aliphatic rings. The van der Waals surface area contributed by atoms with Crippen LogP contribution in [0, 0.1) is 0 Å². The maximum atomic E-state index is 12.8. The van der Waals surface area contributed by atoms with Crippen molar-refractivity contribution >= 4 is 33.3 Å². The highest BCUT2D eigenvalue weighted by atomic mass is 32.1. The van der Waals surface area contributed by atoms with Gasteiger partial charge in [0.25, 0.3) is 5.91 Å². The van der Waals surface area contributed by atoms with Crippen LogP contribution < -0.4 is 4.90 Å². The molecule has 0 spiro atoms. The van der Waals surface area contributed by atoms with E-state index in [1.165, 1.54) is 10.4 Å². The molecule has 0 unspecified atom stereocenters. The molecule has 0 saturated carbocycles. The van der Waals surface area contributed by atoms with Crippen molar-refractivity contribution < 1.29 is 4.79 Å². The number of anilines is 1. The first kappa shape index (κ1) is 20.6. The molecule has 0 bridgehead atoms. The van der Waals surface area contributed by atoms with Crippen molar-refractivity contribution in [3.8, 4) is 0 Å². The zero-order valence-electron chi connectivity index (χ0n) is 18.2. The van der Waals surface area contributed by atoms with Crippen molar-refractivity contribution in [1.82, 2.24) is 14.9 Å². The molecule has 4 aromatic rings. The molecule has 0 N–H and O–H groups in total. The van der Waals surface area contributed by atoms with Crippen LogP contribution in [0.4, 0.5) is 5.82 Å². The van der Waals surface area contributed by atoms with Gasteiger partial charge in [0, 0.05) is 43.0 Å². The third kappa shape index (κ3) is 4.23. The maximum Gasteiger partial charge on any atom is 0.253 e. The molecule has 1 aliphatic heterocycles. The number of benzene rings is 2. The molecule has 1 saturated heterocycles. The van der Waals surface area contributed by atoms with Gasteiger partial charge >= 0.3 is 0 Å². The number of piperazine rings is 1. The molecular weight excluding hydrogens is 416 g/mol. The summed E-state index contributed by atoms with van der Waals surface area (Å²) < 4.78 is 0. The molecule has 32 heavy (non-hydrogen) atoms. The van der Waals surface area contributed by atoms with Crippen molar-refractivity contribution in [3.05, 3.63) is 88.6 Å². The lowest BCUT2D eigenvalue weighted by Crippen LogP contribution is -2.49. The molecule has 5 rings (SSSR count). The quantitative estimate of drug-likeness (QED) is 0.445. The van der Waals surface area contributed by atoms with Gasteiger partial charge in [0.2, 0.25) is 0 Å². The third-order valence-corrected chi connectivity index (χ3v) is 7.08. The van der Waals surface area contributed by atoms with Crippen LogP contribution in [0.1, 0.15) is 33.5 Å². The van der Waals surface area contributed by atoms with Crippen LogP contribution in [0.25, 0.3) is 10.2 Å². The molecule has 2 aromatic carbocycles. The standard InChI is InChI=1S/C26H26N4OS/c1-2-21-18-22-24(27-23(28-25(22)32-21)17-19-9-5-3-6-10-19)29-13-15-30(16-14-29)26(31)20-11-7-4-8-12-20/h3-12,18H,2,13-17H2,1H3. The molecular formula is C26H26N4OS. The fourth-order valence-corrected chi connectivity index (χ4v) is 5.14. The minimum atomic E-state index is 0.103. The van der Waals surface area contributed by atoms with Gasteiger partial charge in [0.05, 0.1) is 5.39 Å². The molecule has 0 radical (unpaired) electrons. The van der Waals surface area contributed by atoms with Crippen molar-refractivity contribution in [2.24, 2.45) is 0 Å². The Labute approximate surface area is 192 Å². The van der Waals surface area contributed by atoms with Crippen LogP contribution in [0.2, 0.25) is 0 Å². The van der Waals surface area contributed by atoms with Crippen LogP contribution in [0.3, 0.4) is 0 Å². The predicted molar refractivity (Wildman–Crippen MR) is 131 cm³/mol. The minimum absolute atomic E-state index is 0.103. The van der Waals surface area contributed by atoms with Gasteiger partial charge in [-0.3, -0.25) is 4.79 Å². The second-order valence-electron chi connectivity index (χ2n) is 8.06. The fraction of sp³-hybridized carbons (Fsp3) is 0.269. The maximum absolute atomic E-state index is 12.8. The number of aromatic nitrogens is 2. The van der Waals surface area contributed by atoms with Gasteiger partial charge in [-0.05, 0) is 30.2 Å². The van der Waals surface area contributed by atoms with Crippen molar-refractivity contribution in [1.29, 1.82) is 0 Å². The Morgan fingerprint density at radius 1 is 0.938 bits per heavy atom. The zero-order valence-corrected chi connectivity index (χ0v) is 19.0. The monoisotopic (exact) mass is 442 g/mol. The zero-order chi connectivity index (χ0) is 21.9. The number of hydrogen-bond donors (Lipinski definition) is 0. The van der Waals surface area contributed by atoms with Crippen LogP contribution in [-0.2, 0) is 12.8 Å². The first-order valence-electron chi connectivity index (χ1n) is 11.1. The highest BCUT2D eigenvalue weighted by Crippen LogP contribution is 2.32. The average molecular weight is 443 g/mol. The lowest BCUT2D eigenvalue weighted by atomic mass is 10.1. The van der Waals surface area contributed by atoms with E-state index in [-0.39, 0.29) is 5.91 Å². The number of hydrogen-bond acceptors (Lipinski definition) is 5. The number of rotatable bonds is 5. The van der Waals surface area contributed by atoms with Gasteiger partial charge in [0.1, 0.15) is 16.5 Å². The number of carbonyl (C=O) groups is 1. The molecule has 3 heterocycles. The summed E-state index contributed by atoms with van der Waals surface area (Å²) in [4.78, 5) is 29.4. The van der Waals surface area contributed by atoms with Crippen molar-refractivity contribution in [2.75, 3.05) is 31.1 Å². The predicted octanol–water partition coefficient (Wildman–Crippen LogP) is 4.81. The van der Waals surface area contributed by atoms with E-state index in [9.17, 15) is 4.79 Å². The molecule has 5 nitrogen and oxygen atoms in total. The van der Waals surface area contributed by atoms with E-state index < -0.39 is 0 Å². The summed E-state index contributed by atoms with van der Waals surface area (Å²) in [5, 5.41) is 1.13.